The molecule has 0 saturated heterocycles. The summed E-state index contributed by atoms with van der Waals surface area (Å²) in [5.41, 5.74) is 2.00. The van der Waals surface area contributed by atoms with Crippen molar-refractivity contribution in [3.05, 3.63) is 46.8 Å². The third-order valence-corrected chi connectivity index (χ3v) is 4.46. The van der Waals surface area contributed by atoms with Crippen LogP contribution < -0.4 is 4.72 Å². The van der Waals surface area contributed by atoms with E-state index in [1.165, 1.54) is 0 Å². The fourth-order valence-electron chi connectivity index (χ4n) is 1.87. The maximum Gasteiger partial charge on any atom is 0.267 e. The molecule has 0 aliphatic heterocycles. The molecule has 0 fully saturated rings. The topological polar surface area (TPSA) is 91.9 Å². The highest BCUT2D eigenvalue weighted by Crippen LogP contribution is 2.16. The zero-order valence-electron chi connectivity index (χ0n) is 11.4. The van der Waals surface area contributed by atoms with Crippen LogP contribution in [0, 0.1) is 20.8 Å². The molecule has 0 atom stereocenters. The number of aromatic nitrogens is 2. The standard InChI is InChI=1S/C13H15N3O3S/c1-8-4-6-11(7-5-8)13(17)16-20(18,19)12-9(2)14-15-10(12)3/h4-7H,1-3H3,(H,14,15)(H,16,17). The smallest absolute Gasteiger partial charge is 0.267 e. The minimum atomic E-state index is -3.93. The van der Waals surface area contributed by atoms with Gasteiger partial charge in [-0.15, -0.1) is 0 Å². The van der Waals surface area contributed by atoms with E-state index in [2.05, 4.69) is 10.2 Å². The summed E-state index contributed by atoms with van der Waals surface area (Å²) >= 11 is 0. The van der Waals surface area contributed by atoms with Gasteiger partial charge < -0.3 is 0 Å². The lowest BCUT2D eigenvalue weighted by Gasteiger charge is -2.07. The van der Waals surface area contributed by atoms with Crippen molar-refractivity contribution in [2.45, 2.75) is 25.7 Å². The Labute approximate surface area is 117 Å². The number of H-pyrrole nitrogens is 1. The molecule has 1 aromatic carbocycles. The highest BCUT2D eigenvalue weighted by atomic mass is 32.2. The number of aromatic amines is 1. The Balaban J connectivity index is 2.29. The Bertz CT molecular complexity index is 726. The van der Waals surface area contributed by atoms with Crippen LogP contribution in [0.5, 0.6) is 0 Å². The number of hydrogen-bond donors (Lipinski definition) is 2. The van der Waals surface area contributed by atoms with Crippen molar-refractivity contribution in [2.24, 2.45) is 0 Å². The maximum atomic E-state index is 12.2. The summed E-state index contributed by atoms with van der Waals surface area (Å²) in [5, 5.41) is 6.40. The molecule has 7 heteroatoms. The second kappa shape index (κ2) is 5.09. The van der Waals surface area contributed by atoms with E-state index in [0.717, 1.165) is 5.56 Å². The van der Waals surface area contributed by atoms with Crippen LogP contribution in [0.3, 0.4) is 0 Å². The first-order valence-corrected chi connectivity index (χ1v) is 7.45. The van der Waals surface area contributed by atoms with Gasteiger partial charge in [0, 0.05) is 5.56 Å². The first-order valence-electron chi connectivity index (χ1n) is 5.96. The monoisotopic (exact) mass is 293 g/mol. The fourth-order valence-corrected chi connectivity index (χ4v) is 3.22. The zero-order chi connectivity index (χ0) is 14.9. The van der Waals surface area contributed by atoms with Crippen molar-refractivity contribution in [1.82, 2.24) is 14.9 Å². The number of nitrogens with one attached hydrogen (secondary N) is 2. The summed E-state index contributed by atoms with van der Waals surface area (Å²) in [5.74, 6) is -0.662. The molecular weight excluding hydrogens is 278 g/mol. The Morgan fingerprint density at radius 1 is 1.15 bits per heavy atom. The van der Waals surface area contributed by atoms with E-state index in [1.807, 2.05) is 11.6 Å². The molecule has 0 unspecified atom stereocenters. The molecule has 0 spiro atoms. The highest BCUT2D eigenvalue weighted by molar-refractivity contribution is 7.90. The van der Waals surface area contributed by atoms with Crippen molar-refractivity contribution in [3.8, 4) is 0 Å². The van der Waals surface area contributed by atoms with Gasteiger partial charge in [0.1, 0.15) is 4.90 Å². The molecular formula is C13H15N3O3S. The number of carbonyl (C=O) groups excluding carboxylic acids is 1. The van der Waals surface area contributed by atoms with Crippen molar-refractivity contribution < 1.29 is 13.2 Å². The second-order valence-corrected chi connectivity index (χ2v) is 6.18. The lowest BCUT2D eigenvalue weighted by atomic mass is 10.1. The van der Waals surface area contributed by atoms with E-state index in [-0.39, 0.29) is 10.5 Å². The molecule has 20 heavy (non-hydrogen) atoms. The number of amides is 1. The highest BCUT2D eigenvalue weighted by Gasteiger charge is 2.24. The summed E-state index contributed by atoms with van der Waals surface area (Å²) in [7, 11) is -3.93. The lowest BCUT2D eigenvalue weighted by Crippen LogP contribution is -2.31. The summed E-state index contributed by atoms with van der Waals surface area (Å²) in [4.78, 5) is 12.0. The van der Waals surface area contributed by atoms with E-state index >= 15 is 0 Å². The Morgan fingerprint density at radius 2 is 1.75 bits per heavy atom. The number of sulfonamides is 1. The molecule has 0 radical (unpaired) electrons. The molecule has 0 aliphatic rings. The van der Waals surface area contributed by atoms with Crippen LogP contribution in [-0.2, 0) is 10.0 Å². The minimum Gasteiger partial charge on any atom is -0.281 e. The second-order valence-electron chi connectivity index (χ2n) is 4.56. The van der Waals surface area contributed by atoms with Gasteiger partial charge in [0.05, 0.1) is 11.4 Å². The molecule has 1 amide bonds. The SMILES string of the molecule is Cc1ccc(C(=O)NS(=O)(=O)c2c(C)n[nH]c2C)cc1. The molecule has 0 aliphatic carbocycles. The van der Waals surface area contributed by atoms with Crippen LogP contribution in [0.1, 0.15) is 27.3 Å². The molecule has 1 heterocycles. The third kappa shape index (κ3) is 2.72. The molecule has 6 nitrogen and oxygen atoms in total. The van der Waals surface area contributed by atoms with Crippen LogP contribution in [0.2, 0.25) is 0 Å². The molecule has 0 bridgehead atoms. The molecule has 2 N–H and O–H groups in total. The van der Waals surface area contributed by atoms with Gasteiger partial charge in [-0.1, -0.05) is 17.7 Å². The normalized spacial score (nSPS) is 11.3. The predicted octanol–water partition coefficient (Wildman–Crippen LogP) is 1.45. The van der Waals surface area contributed by atoms with Crippen LogP contribution in [0.25, 0.3) is 0 Å². The van der Waals surface area contributed by atoms with E-state index in [0.29, 0.717) is 11.4 Å². The summed E-state index contributed by atoms with van der Waals surface area (Å²) in [6.07, 6.45) is 0. The molecule has 1 aromatic heterocycles. The number of hydrogen-bond acceptors (Lipinski definition) is 4. The van der Waals surface area contributed by atoms with Crippen molar-refractivity contribution in [2.75, 3.05) is 0 Å². The summed E-state index contributed by atoms with van der Waals surface area (Å²) in [6.45, 7) is 5.04. The molecule has 2 rings (SSSR count). The van der Waals surface area contributed by atoms with Crippen LogP contribution >= 0.6 is 0 Å². The maximum absolute atomic E-state index is 12.2. The first-order chi connectivity index (χ1) is 9.31. The molecule has 0 saturated carbocycles. The van der Waals surface area contributed by atoms with Crippen LogP contribution in [0.4, 0.5) is 0 Å². The Kier molecular flexibility index (Phi) is 3.63. The third-order valence-electron chi connectivity index (χ3n) is 2.87. The number of aryl methyl sites for hydroxylation is 3. The average molecular weight is 293 g/mol. The van der Waals surface area contributed by atoms with Crippen LogP contribution in [-0.4, -0.2) is 24.5 Å². The largest absolute Gasteiger partial charge is 0.281 e. The van der Waals surface area contributed by atoms with E-state index in [4.69, 9.17) is 0 Å². The number of carbonyl (C=O) groups is 1. The van der Waals surface area contributed by atoms with E-state index in [1.54, 1.807) is 38.1 Å². The summed E-state index contributed by atoms with van der Waals surface area (Å²) in [6, 6.07) is 6.65. The van der Waals surface area contributed by atoms with Gasteiger partial charge in [0.15, 0.2) is 0 Å². The Hall–Kier alpha value is -2.15. The Morgan fingerprint density at radius 3 is 2.25 bits per heavy atom. The van der Waals surface area contributed by atoms with E-state index < -0.39 is 15.9 Å². The van der Waals surface area contributed by atoms with Gasteiger partial charge in [0.2, 0.25) is 0 Å². The lowest BCUT2D eigenvalue weighted by molar-refractivity contribution is 0.0981. The summed E-state index contributed by atoms with van der Waals surface area (Å²) < 4.78 is 26.4. The van der Waals surface area contributed by atoms with Gasteiger partial charge >= 0.3 is 0 Å². The molecule has 106 valence electrons. The zero-order valence-corrected chi connectivity index (χ0v) is 12.2. The van der Waals surface area contributed by atoms with Gasteiger partial charge in [-0.25, -0.2) is 13.1 Å². The molecule has 2 aromatic rings. The average Bonchev–Trinajstić information content (AvgIpc) is 2.69. The van der Waals surface area contributed by atoms with E-state index in [9.17, 15) is 13.2 Å². The fraction of sp³-hybridized carbons (Fsp3) is 0.231. The van der Waals surface area contributed by atoms with Gasteiger partial charge in [0.25, 0.3) is 15.9 Å². The van der Waals surface area contributed by atoms with Crippen LogP contribution in [0.15, 0.2) is 29.2 Å². The minimum absolute atomic E-state index is 0.0120. The van der Waals surface area contributed by atoms with Crippen molar-refractivity contribution in [3.63, 3.8) is 0 Å². The predicted molar refractivity (Wildman–Crippen MR) is 73.9 cm³/mol. The quantitative estimate of drug-likeness (QED) is 0.896. The number of benzene rings is 1. The number of rotatable bonds is 3. The number of nitrogens with zero attached hydrogens (tertiary/aromatic N) is 1. The first kappa shape index (κ1) is 14.3. The van der Waals surface area contributed by atoms with Crippen molar-refractivity contribution in [1.29, 1.82) is 0 Å². The van der Waals surface area contributed by atoms with Crippen molar-refractivity contribution >= 4 is 15.9 Å². The van der Waals surface area contributed by atoms with Gasteiger partial charge in [-0.2, -0.15) is 5.10 Å². The van der Waals surface area contributed by atoms with Gasteiger partial charge in [-0.3, -0.25) is 9.89 Å². The van der Waals surface area contributed by atoms with Gasteiger partial charge in [-0.05, 0) is 32.9 Å².